The lowest BCUT2D eigenvalue weighted by atomic mass is 10.0. The lowest BCUT2D eigenvalue weighted by Crippen LogP contribution is -2.40. The molecule has 2 atom stereocenters. The number of hydrogen-bond acceptors (Lipinski definition) is 9. The van der Waals surface area contributed by atoms with Crippen LogP contribution in [0.3, 0.4) is 0 Å². The van der Waals surface area contributed by atoms with E-state index in [0.717, 1.165) is 46.6 Å². The van der Waals surface area contributed by atoms with Gasteiger partial charge in [-0.1, -0.05) is 91.0 Å². The number of carbonyl (C=O) groups is 3. The first-order valence-electron chi connectivity index (χ1n) is 21.8. The predicted octanol–water partition coefficient (Wildman–Crippen LogP) is 7.08. The summed E-state index contributed by atoms with van der Waals surface area (Å²) in [5.74, 6) is -0.138. The molecule has 13 heteroatoms. The average molecular weight is 865 g/mol. The fraction of sp³-hybridized carbons (Fsp3) is 0.294. The quantitative estimate of drug-likeness (QED) is 0.0560. The van der Waals surface area contributed by atoms with Gasteiger partial charge in [-0.15, -0.1) is 0 Å². The number of phenols is 1. The summed E-state index contributed by atoms with van der Waals surface area (Å²) in [6.07, 6.45) is 1.21. The third-order valence-electron chi connectivity index (χ3n) is 11.7. The summed E-state index contributed by atoms with van der Waals surface area (Å²) in [6, 6.07) is 39.2. The van der Waals surface area contributed by atoms with Crippen molar-refractivity contribution < 1.29 is 29.3 Å². The minimum Gasteiger partial charge on any atom is -0.506 e. The minimum absolute atomic E-state index is 0.00579. The van der Waals surface area contributed by atoms with Crippen LogP contribution in [0.15, 0.2) is 132 Å². The Morgan fingerprint density at radius 1 is 0.844 bits per heavy atom. The number of nitrogens with zero attached hydrogens (tertiary/aromatic N) is 2. The van der Waals surface area contributed by atoms with Crippen LogP contribution >= 0.6 is 0 Å². The SMILES string of the molecule is CC(Cc1ccc(CC(=O)NCc2ccc(N(C)C(=O)CCN3CCC(OC(=O)Nc4ccccc4-c4ccccc4)CC3)cc2)cc1)NC[C@H](O)c1ccc(O)c2[nH]c(=O)ccc12. The summed E-state index contributed by atoms with van der Waals surface area (Å²) < 4.78 is 5.78. The number of aliphatic hydroxyl groups is 1. The molecule has 0 spiro atoms. The number of anilines is 2. The van der Waals surface area contributed by atoms with E-state index in [2.05, 4.69) is 25.8 Å². The zero-order valence-corrected chi connectivity index (χ0v) is 36.3. The molecule has 6 N–H and O–H groups in total. The van der Waals surface area contributed by atoms with Crippen molar-refractivity contribution >= 4 is 40.2 Å². The van der Waals surface area contributed by atoms with Gasteiger partial charge in [-0.2, -0.15) is 0 Å². The van der Waals surface area contributed by atoms with E-state index in [9.17, 15) is 29.4 Å². The number of pyridine rings is 1. The van der Waals surface area contributed by atoms with Gasteiger partial charge >= 0.3 is 6.09 Å². The Morgan fingerprint density at radius 3 is 2.28 bits per heavy atom. The molecular formula is C51H56N6O7. The second kappa shape index (κ2) is 21.5. The molecule has 3 amide bonds. The van der Waals surface area contributed by atoms with Gasteiger partial charge in [0.25, 0.3) is 0 Å². The number of piperidine rings is 1. The maximum atomic E-state index is 13.1. The van der Waals surface area contributed by atoms with E-state index in [4.69, 9.17) is 4.74 Å². The molecule has 0 aliphatic carbocycles. The van der Waals surface area contributed by atoms with E-state index in [-0.39, 0.29) is 48.2 Å². The molecule has 1 saturated heterocycles. The van der Waals surface area contributed by atoms with Gasteiger partial charge in [0, 0.05) is 74.9 Å². The van der Waals surface area contributed by atoms with E-state index in [1.165, 1.54) is 12.1 Å². The van der Waals surface area contributed by atoms with Crippen LogP contribution < -0.4 is 26.4 Å². The van der Waals surface area contributed by atoms with E-state index >= 15 is 0 Å². The topological polar surface area (TPSA) is 176 Å². The number of para-hydroxylation sites is 1. The molecule has 0 saturated carbocycles. The van der Waals surface area contributed by atoms with Crippen LogP contribution in [0, 0.1) is 0 Å². The molecule has 7 rings (SSSR count). The maximum absolute atomic E-state index is 13.1. The number of carbonyl (C=O) groups excluding carboxylic acids is 3. The Labute approximate surface area is 373 Å². The number of ether oxygens (including phenoxy) is 1. The number of rotatable bonds is 17. The lowest BCUT2D eigenvalue weighted by Gasteiger charge is -2.31. The molecule has 6 aromatic rings. The molecule has 332 valence electrons. The highest BCUT2D eigenvalue weighted by Gasteiger charge is 2.24. The second-order valence-electron chi connectivity index (χ2n) is 16.4. The summed E-state index contributed by atoms with van der Waals surface area (Å²) in [5, 5.41) is 30.9. The molecule has 2 heterocycles. The number of phenolic OH excluding ortho intramolecular Hbond substituents is 1. The monoisotopic (exact) mass is 864 g/mol. The largest absolute Gasteiger partial charge is 0.506 e. The minimum atomic E-state index is -0.848. The van der Waals surface area contributed by atoms with E-state index < -0.39 is 12.2 Å². The summed E-state index contributed by atoms with van der Waals surface area (Å²) in [7, 11) is 1.77. The molecule has 64 heavy (non-hydrogen) atoms. The number of nitrogens with one attached hydrogen (secondary N) is 4. The highest BCUT2D eigenvalue weighted by Crippen LogP contribution is 2.30. The second-order valence-corrected chi connectivity index (χ2v) is 16.4. The predicted molar refractivity (Wildman–Crippen MR) is 250 cm³/mol. The van der Waals surface area contributed by atoms with Gasteiger partial charge in [-0.05, 0) is 84.3 Å². The number of aromatic amines is 1. The molecule has 5 aromatic carbocycles. The van der Waals surface area contributed by atoms with Gasteiger partial charge in [-0.3, -0.25) is 19.7 Å². The number of hydrogen-bond donors (Lipinski definition) is 6. The van der Waals surface area contributed by atoms with Crippen molar-refractivity contribution in [3.05, 3.63) is 160 Å². The van der Waals surface area contributed by atoms with Crippen molar-refractivity contribution in [2.75, 3.05) is 43.4 Å². The average Bonchev–Trinajstić information content (AvgIpc) is 3.31. The number of fused-ring (bicyclic) bond motifs is 1. The summed E-state index contributed by atoms with van der Waals surface area (Å²) >= 11 is 0. The summed E-state index contributed by atoms with van der Waals surface area (Å²) in [4.78, 5) is 57.0. The number of likely N-dealkylation sites (tertiary alicyclic amines) is 1. The zero-order chi connectivity index (χ0) is 45.0. The number of aromatic nitrogens is 1. The number of H-pyrrole nitrogens is 1. The van der Waals surface area contributed by atoms with Crippen molar-refractivity contribution in [2.45, 2.75) is 63.8 Å². The van der Waals surface area contributed by atoms with Gasteiger partial charge in [0.2, 0.25) is 17.4 Å². The molecule has 1 aliphatic rings. The third kappa shape index (κ3) is 12.2. The maximum Gasteiger partial charge on any atom is 0.411 e. The number of benzene rings is 5. The van der Waals surface area contributed by atoms with Crippen LogP contribution in [0.1, 0.15) is 54.5 Å². The van der Waals surface area contributed by atoms with Crippen molar-refractivity contribution in [2.24, 2.45) is 0 Å². The number of aliphatic hydroxyl groups excluding tert-OH is 1. The summed E-state index contributed by atoms with van der Waals surface area (Å²) in [5.41, 5.74) is 6.91. The van der Waals surface area contributed by atoms with Crippen molar-refractivity contribution in [3.63, 3.8) is 0 Å². The van der Waals surface area contributed by atoms with Crippen molar-refractivity contribution in [3.8, 4) is 16.9 Å². The van der Waals surface area contributed by atoms with Gasteiger partial charge in [0.05, 0.1) is 23.7 Å². The smallest absolute Gasteiger partial charge is 0.411 e. The van der Waals surface area contributed by atoms with E-state index in [1.54, 1.807) is 24.1 Å². The van der Waals surface area contributed by atoms with Crippen LogP contribution in [-0.4, -0.2) is 83.4 Å². The van der Waals surface area contributed by atoms with Crippen LogP contribution in [0.4, 0.5) is 16.2 Å². The first-order valence-corrected chi connectivity index (χ1v) is 21.8. The third-order valence-corrected chi connectivity index (χ3v) is 11.7. The fourth-order valence-electron chi connectivity index (χ4n) is 8.05. The highest BCUT2D eigenvalue weighted by atomic mass is 16.6. The zero-order valence-electron chi connectivity index (χ0n) is 36.3. The van der Waals surface area contributed by atoms with Crippen LogP contribution in [0.2, 0.25) is 0 Å². The van der Waals surface area contributed by atoms with Crippen molar-refractivity contribution in [1.82, 2.24) is 20.5 Å². The standard InChI is InChI=1S/C51H56N6O7/c1-34(52-33-46(59)42-20-22-45(58)50-43(42)21-23-47(60)55-50)30-35-12-14-36(15-13-35)31-48(61)53-32-37-16-18-39(19-17-37)56(2)49(62)26-29-57-27-24-40(25-28-57)64-51(63)54-44-11-7-6-10-41(44)38-8-4-3-5-9-38/h3-23,34,40,46,52,58-59H,24-33H2,1-2H3,(H,53,61)(H,54,63)(H,55,60)/t34?,46-/m0/s1. The molecule has 0 bridgehead atoms. The molecule has 13 nitrogen and oxygen atoms in total. The number of amides is 3. The van der Waals surface area contributed by atoms with Crippen LogP contribution in [0.5, 0.6) is 5.75 Å². The molecule has 0 radical (unpaired) electrons. The normalized spacial score (nSPS) is 14.1. The highest BCUT2D eigenvalue weighted by molar-refractivity contribution is 5.93. The number of aromatic hydroxyl groups is 1. The van der Waals surface area contributed by atoms with E-state index in [1.807, 2.05) is 110 Å². The molecule has 1 aliphatic heterocycles. The first kappa shape index (κ1) is 45.2. The Bertz CT molecular complexity index is 2570. The molecule has 1 unspecified atom stereocenters. The molecular weight excluding hydrogens is 809 g/mol. The molecule has 1 fully saturated rings. The Morgan fingerprint density at radius 2 is 1.53 bits per heavy atom. The molecule has 1 aromatic heterocycles. The lowest BCUT2D eigenvalue weighted by molar-refractivity contribution is -0.120. The Balaban J connectivity index is 0.775. The van der Waals surface area contributed by atoms with Gasteiger partial charge in [0.15, 0.2) is 0 Å². The van der Waals surface area contributed by atoms with Crippen LogP contribution in [0.25, 0.3) is 22.0 Å². The van der Waals surface area contributed by atoms with Gasteiger partial charge < -0.3 is 40.4 Å². The van der Waals surface area contributed by atoms with Gasteiger partial charge in [0.1, 0.15) is 11.9 Å². The van der Waals surface area contributed by atoms with Crippen molar-refractivity contribution in [1.29, 1.82) is 0 Å². The van der Waals surface area contributed by atoms with Gasteiger partial charge in [-0.25, -0.2) is 4.79 Å². The fourth-order valence-corrected chi connectivity index (χ4v) is 8.05. The Hall–Kier alpha value is -6.80. The van der Waals surface area contributed by atoms with E-state index in [0.29, 0.717) is 60.9 Å². The summed E-state index contributed by atoms with van der Waals surface area (Å²) in [6.45, 7) is 4.77. The Kier molecular flexibility index (Phi) is 15.2. The first-order chi connectivity index (χ1) is 31.0. The van der Waals surface area contributed by atoms with Crippen LogP contribution in [-0.2, 0) is 33.7 Å².